The molecule has 0 saturated carbocycles. The Labute approximate surface area is 197 Å². The van der Waals surface area contributed by atoms with Crippen molar-refractivity contribution in [1.82, 2.24) is 24.2 Å². The van der Waals surface area contributed by atoms with Gasteiger partial charge in [-0.2, -0.15) is 10.4 Å². The molecule has 0 unspecified atom stereocenters. The highest BCUT2D eigenvalue weighted by molar-refractivity contribution is 5.88. The van der Waals surface area contributed by atoms with Crippen LogP contribution in [0.2, 0.25) is 0 Å². The Bertz CT molecular complexity index is 1440. The predicted molar refractivity (Wildman–Crippen MR) is 131 cm³/mol. The van der Waals surface area contributed by atoms with Gasteiger partial charge in [0.05, 0.1) is 23.5 Å². The molecular weight excluding hydrogens is 430 g/mol. The number of hydrogen-bond acceptors (Lipinski definition) is 7. The summed E-state index contributed by atoms with van der Waals surface area (Å²) in [6.07, 6.45) is 4.25. The van der Waals surface area contributed by atoms with Crippen LogP contribution in [0.3, 0.4) is 0 Å². The van der Waals surface area contributed by atoms with E-state index < -0.39 is 0 Å². The number of aryl methyl sites for hydroxylation is 1. The number of fused-ring (bicyclic) bond motifs is 2. The fourth-order valence-electron chi connectivity index (χ4n) is 5.17. The number of anilines is 1. The SMILES string of the molecule is CC[C@@H]1CN(c2cc(=O)n(C)c3cn(CC#N)nc23)[C@@H](C)CN1[C@@H](C)c1ccc2ncoc2c1. The molecule has 1 aliphatic heterocycles. The maximum atomic E-state index is 12.8. The lowest BCUT2D eigenvalue weighted by Crippen LogP contribution is -2.58. The van der Waals surface area contributed by atoms with Gasteiger partial charge >= 0.3 is 0 Å². The molecular formula is C25H29N7O2. The van der Waals surface area contributed by atoms with Crippen molar-refractivity contribution in [2.75, 3.05) is 18.0 Å². The smallest absolute Gasteiger partial charge is 0.252 e. The second kappa shape index (κ2) is 8.61. The first-order valence-corrected chi connectivity index (χ1v) is 11.7. The molecule has 1 aliphatic rings. The lowest BCUT2D eigenvalue weighted by Gasteiger charge is -2.48. The van der Waals surface area contributed by atoms with Crippen LogP contribution in [0.5, 0.6) is 0 Å². The fourth-order valence-corrected chi connectivity index (χ4v) is 5.17. The Kier molecular flexibility index (Phi) is 5.62. The summed E-state index contributed by atoms with van der Waals surface area (Å²) in [7, 11) is 1.75. The first kappa shape index (κ1) is 22.2. The number of piperazine rings is 1. The highest BCUT2D eigenvalue weighted by atomic mass is 16.3. The summed E-state index contributed by atoms with van der Waals surface area (Å²) in [5, 5.41) is 13.8. The molecule has 9 nitrogen and oxygen atoms in total. The number of nitrogens with zero attached hydrogens (tertiary/aromatic N) is 7. The number of oxazole rings is 1. The van der Waals surface area contributed by atoms with E-state index in [4.69, 9.17) is 9.68 Å². The van der Waals surface area contributed by atoms with Gasteiger partial charge in [0, 0.05) is 44.3 Å². The highest BCUT2D eigenvalue weighted by Gasteiger charge is 2.35. The molecule has 1 saturated heterocycles. The standard InChI is InChI=1S/C25H29N7O2/c1-5-19-13-31(21-11-24(33)29(4)22-14-30(9-8-26)28-25(21)22)16(2)12-32(19)17(3)18-6-7-20-23(10-18)34-15-27-20/h6-7,10-11,14-17,19H,5,9,12-13H2,1-4H3/t16-,17-,19+/m0/s1. The minimum Gasteiger partial charge on any atom is -0.443 e. The largest absolute Gasteiger partial charge is 0.443 e. The molecule has 176 valence electrons. The van der Waals surface area contributed by atoms with Gasteiger partial charge in [0.2, 0.25) is 0 Å². The van der Waals surface area contributed by atoms with Crippen LogP contribution in [-0.2, 0) is 13.6 Å². The summed E-state index contributed by atoms with van der Waals surface area (Å²) >= 11 is 0. The molecule has 0 radical (unpaired) electrons. The van der Waals surface area contributed by atoms with Gasteiger partial charge in [-0.25, -0.2) is 4.98 Å². The maximum absolute atomic E-state index is 12.8. The monoisotopic (exact) mass is 459 g/mol. The van der Waals surface area contributed by atoms with Gasteiger partial charge < -0.3 is 13.9 Å². The van der Waals surface area contributed by atoms with Crippen LogP contribution in [0.4, 0.5) is 5.69 Å². The van der Waals surface area contributed by atoms with E-state index in [-0.39, 0.29) is 24.2 Å². The Morgan fingerprint density at radius 3 is 2.88 bits per heavy atom. The zero-order valence-electron chi connectivity index (χ0n) is 20.0. The molecule has 9 heteroatoms. The summed E-state index contributed by atoms with van der Waals surface area (Å²) in [6, 6.07) is 10.7. The van der Waals surface area contributed by atoms with E-state index in [9.17, 15) is 4.79 Å². The van der Waals surface area contributed by atoms with Crippen LogP contribution < -0.4 is 10.5 Å². The minimum atomic E-state index is -0.0737. The van der Waals surface area contributed by atoms with Gasteiger partial charge in [0.25, 0.3) is 5.56 Å². The van der Waals surface area contributed by atoms with Crippen molar-refractivity contribution < 1.29 is 4.42 Å². The molecule has 0 N–H and O–H groups in total. The summed E-state index contributed by atoms with van der Waals surface area (Å²) in [5.74, 6) is 0. The summed E-state index contributed by atoms with van der Waals surface area (Å²) in [6.45, 7) is 8.43. The molecule has 4 heterocycles. The van der Waals surface area contributed by atoms with Crippen molar-refractivity contribution in [3.05, 3.63) is 52.8 Å². The van der Waals surface area contributed by atoms with E-state index >= 15 is 0 Å². The van der Waals surface area contributed by atoms with Crippen molar-refractivity contribution in [1.29, 1.82) is 5.26 Å². The minimum absolute atomic E-state index is 0.0737. The van der Waals surface area contributed by atoms with E-state index in [2.05, 4.69) is 58.9 Å². The molecule has 4 aromatic rings. The number of nitriles is 1. The Balaban J connectivity index is 1.48. The molecule has 0 spiro atoms. The van der Waals surface area contributed by atoms with Gasteiger partial charge in [-0.15, -0.1) is 0 Å². The summed E-state index contributed by atoms with van der Waals surface area (Å²) in [4.78, 5) is 21.9. The average Bonchev–Trinajstić information content (AvgIpc) is 3.48. The number of benzene rings is 1. The topological polar surface area (TPSA) is 96.1 Å². The van der Waals surface area contributed by atoms with Gasteiger partial charge in [-0.05, 0) is 38.0 Å². The van der Waals surface area contributed by atoms with Crippen LogP contribution in [0, 0.1) is 11.3 Å². The van der Waals surface area contributed by atoms with Crippen LogP contribution >= 0.6 is 0 Å². The zero-order chi connectivity index (χ0) is 24.0. The van der Waals surface area contributed by atoms with Gasteiger partial charge in [-0.1, -0.05) is 13.0 Å². The molecule has 5 rings (SSSR count). The van der Waals surface area contributed by atoms with Crippen LogP contribution in [0.25, 0.3) is 22.1 Å². The fraction of sp³-hybridized carbons (Fsp3) is 0.440. The third-order valence-electron chi connectivity index (χ3n) is 7.17. The van der Waals surface area contributed by atoms with Crippen LogP contribution in [0.1, 0.15) is 38.8 Å². The average molecular weight is 460 g/mol. The number of rotatable bonds is 5. The second-order valence-corrected chi connectivity index (χ2v) is 9.16. The molecule has 3 atom stereocenters. The lowest BCUT2D eigenvalue weighted by molar-refractivity contribution is 0.106. The molecule has 1 fully saturated rings. The van der Waals surface area contributed by atoms with Crippen LogP contribution in [-0.4, -0.2) is 49.4 Å². The summed E-state index contributed by atoms with van der Waals surface area (Å²) in [5.41, 5.74) is 5.15. The van der Waals surface area contributed by atoms with E-state index in [0.29, 0.717) is 6.04 Å². The predicted octanol–water partition coefficient (Wildman–Crippen LogP) is 3.45. The van der Waals surface area contributed by atoms with Crippen molar-refractivity contribution in [2.45, 2.75) is 51.9 Å². The second-order valence-electron chi connectivity index (χ2n) is 9.16. The highest BCUT2D eigenvalue weighted by Crippen LogP contribution is 2.34. The zero-order valence-corrected chi connectivity index (χ0v) is 20.0. The number of aromatic nitrogens is 4. The Morgan fingerprint density at radius 2 is 2.12 bits per heavy atom. The Morgan fingerprint density at radius 1 is 1.29 bits per heavy atom. The maximum Gasteiger partial charge on any atom is 0.252 e. The number of hydrogen-bond donors (Lipinski definition) is 0. The van der Waals surface area contributed by atoms with Gasteiger partial charge in [0.15, 0.2) is 12.0 Å². The van der Waals surface area contributed by atoms with Crippen molar-refractivity contribution in [3.8, 4) is 6.07 Å². The third kappa shape index (κ3) is 3.64. The molecule has 1 aromatic carbocycles. The lowest BCUT2D eigenvalue weighted by atomic mass is 9.98. The van der Waals surface area contributed by atoms with Crippen molar-refractivity contribution in [2.24, 2.45) is 7.05 Å². The number of pyridine rings is 1. The Hall–Kier alpha value is -3.64. The van der Waals surface area contributed by atoms with E-state index in [1.165, 1.54) is 12.0 Å². The molecule has 0 aliphatic carbocycles. The van der Waals surface area contributed by atoms with E-state index in [0.717, 1.165) is 47.3 Å². The van der Waals surface area contributed by atoms with E-state index in [1.807, 2.05) is 6.07 Å². The molecule has 34 heavy (non-hydrogen) atoms. The molecule has 0 bridgehead atoms. The van der Waals surface area contributed by atoms with Gasteiger partial charge in [0.1, 0.15) is 17.6 Å². The summed E-state index contributed by atoms with van der Waals surface area (Å²) < 4.78 is 8.73. The van der Waals surface area contributed by atoms with E-state index in [1.54, 1.807) is 28.6 Å². The van der Waals surface area contributed by atoms with Crippen LogP contribution in [0.15, 0.2) is 46.1 Å². The normalized spacial score (nSPS) is 20.1. The molecule has 3 aromatic heterocycles. The third-order valence-corrected chi connectivity index (χ3v) is 7.17. The molecule has 0 amide bonds. The van der Waals surface area contributed by atoms with Crippen molar-refractivity contribution in [3.63, 3.8) is 0 Å². The van der Waals surface area contributed by atoms with Crippen molar-refractivity contribution >= 4 is 27.8 Å². The quantitative estimate of drug-likeness (QED) is 0.451. The first-order valence-electron chi connectivity index (χ1n) is 11.7. The first-order chi connectivity index (χ1) is 16.4. The van der Waals surface area contributed by atoms with Gasteiger partial charge in [-0.3, -0.25) is 14.4 Å².